The summed E-state index contributed by atoms with van der Waals surface area (Å²) in [5.74, 6) is -1.45. The number of hydrogen-bond acceptors (Lipinski definition) is 1. The van der Waals surface area contributed by atoms with Crippen molar-refractivity contribution in [2.75, 3.05) is 13.1 Å². The fraction of sp³-hybridized carbons (Fsp3) is 0.364. The second-order valence-electron chi connectivity index (χ2n) is 7.83. The molecule has 140 valence electrons. The summed E-state index contributed by atoms with van der Waals surface area (Å²) in [6.45, 7) is 4.68. The first-order valence-electron chi connectivity index (χ1n) is 9.49. The topological polar surface area (TPSA) is 8.17 Å². The summed E-state index contributed by atoms with van der Waals surface area (Å²) in [6, 6.07) is 8.08. The Balaban J connectivity index is 1.73. The van der Waals surface area contributed by atoms with E-state index in [0.29, 0.717) is 17.0 Å². The van der Waals surface area contributed by atoms with Gasteiger partial charge in [0.25, 0.3) is 0 Å². The third-order valence-corrected chi connectivity index (χ3v) is 6.21. The van der Waals surface area contributed by atoms with Gasteiger partial charge in [-0.2, -0.15) is 0 Å². The minimum Gasteiger partial charge on any atom is -0.339 e. The molecule has 2 aromatic carbocycles. The Kier molecular flexibility index (Phi) is 3.83. The van der Waals surface area contributed by atoms with Crippen LogP contribution in [-0.4, -0.2) is 22.6 Å². The van der Waals surface area contributed by atoms with Gasteiger partial charge in [-0.3, -0.25) is 4.90 Å². The van der Waals surface area contributed by atoms with E-state index >= 15 is 0 Å². The van der Waals surface area contributed by atoms with Crippen LogP contribution in [0.15, 0.2) is 30.3 Å². The summed E-state index contributed by atoms with van der Waals surface area (Å²) in [5, 5.41) is 0.900. The fourth-order valence-corrected chi connectivity index (χ4v) is 4.79. The summed E-state index contributed by atoms with van der Waals surface area (Å²) >= 11 is 0. The third-order valence-electron chi connectivity index (χ3n) is 6.21. The molecule has 0 saturated carbocycles. The first-order valence-corrected chi connectivity index (χ1v) is 9.49. The molecule has 3 aliphatic heterocycles. The zero-order chi connectivity index (χ0) is 18.7. The van der Waals surface area contributed by atoms with E-state index in [2.05, 4.69) is 9.47 Å². The number of hydrogen-bond donors (Lipinski definition) is 0. The van der Waals surface area contributed by atoms with E-state index in [-0.39, 0.29) is 12.4 Å². The van der Waals surface area contributed by atoms with E-state index in [1.165, 1.54) is 11.8 Å². The van der Waals surface area contributed by atoms with E-state index in [1.807, 2.05) is 0 Å². The Morgan fingerprint density at radius 1 is 1.00 bits per heavy atom. The van der Waals surface area contributed by atoms with Gasteiger partial charge in [-0.1, -0.05) is 12.1 Å². The lowest BCUT2D eigenvalue weighted by molar-refractivity contribution is 0.219. The van der Waals surface area contributed by atoms with Crippen LogP contribution in [0.3, 0.4) is 0 Å². The van der Waals surface area contributed by atoms with Crippen LogP contribution < -0.4 is 0 Å². The summed E-state index contributed by atoms with van der Waals surface area (Å²) in [5.41, 5.74) is 3.87. The molecule has 0 amide bonds. The van der Waals surface area contributed by atoms with Crippen LogP contribution in [0, 0.1) is 24.4 Å². The van der Waals surface area contributed by atoms with Gasteiger partial charge in [-0.05, 0) is 62.2 Å². The van der Waals surface area contributed by atoms with Gasteiger partial charge in [0.15, 0.2) is 11.6 Å². The van der Waals surface area contributed by atoms with Crippen LogP contribution in [0.1, 0.15) is 41.1 Å². The number of benzene rings is 2. The molecule has 0 aliphatic carbocycles. The average molecular weight is 370 g/mol. The lowest BCUT2D eigenvalue weighted by Crippen LogP contribution is -2.29. The maximum Gasteiger partial charge on any atom is 0.164 e. The number of aromatic nitrogens is 1. The van der Waals surface area contributed by atoms with Gasteiger partial charge in [0.05, 0.1) is 6.54 Å². The summed E-state index contributed by atoms with van der Waals surface area (Å²) in [6.07, 6.45) is 2.10. The molecule has 5 heteroatoms. The molecule has 6 rings (SSSR count). The van der Waals surface area contributed by atoms with Crippen molar-refractivity contribution in [3.8, 4) is 0 Å². The molecular weight excluding hydrogens is 349 g/mol. The fourth-order valence-electron chi connectivity index (χ4n) is 4.79. The van der Waals surface area contributed by atoms with Crippen LogP contribution in [-0.2, 0) is 13.1 Å². The smallest absolute Gasteiger partial charge is 0.164 e. The van der Waals surface area contributed by atoms with Gasteiger partial charge in [0, 0.05) is 34.6 Å². The first-order chi connectivity index (χ1) is 13.0. The van der Waals surface area contributed by atoms with E-state index < -0.39 is 11.6 Å². The standard InChI is InChI=1S/C22H21F3N2/c1-13-2-3-15(21(25)20(13)24)11-27-19-5-4-16(23)10-17(19)18-12-26-8-6-14(7-9-26)22(18)27/h2-5,10,14H,6-9,11-12H2,1H3. The number of halogens is 3. The minimum atomic E-state index is -0.784. The minimum absolute atomic E-state index is 0.261. The molecule has 27 heavy (non-hydrogen) atoms. The molecule has 3 aromatic rings. The van der Waals surface area contributed by atoms with Crippen molar-refractivity contribution < 1.29 is 13.2 Å². The lowest BCUT2D eigenvalue weighted by Gasteiger charge is -2.27. The van der Waals surface area contributed by atoms with Gasteiger partial charge >= 0.3 is 0 Å². The van der Waals surface area contributed by atoms with Crippen LogP contribution in [0.25, 0.3) is 10.9 Å². The molecule has 0 atom stereocenters. The maximum atomic E-state index is 14.6. The number of piperidine rings is 1. The molecule has 0 N–H and O–H groups in total. The monoisotopic (exact) mass is 370 g/mol. The number of aryl methyl sites for hydroxylation is 1. The predicted octanol–water partition coefficient (Wildman–Crippen LogP) is 5.11. The highest BCUT2D eigenvalue weighted by atomic mass is 19.2. The zero-order valence-corrected chi connectivity index (χ0v) is 15.2. The van der Waals surface area contributed by atoms with Crippen molar-refractivity contribution in [2.24, 2.45) is 0 Å². The van der Waals surface area contributed by atoms with Gasteiger partial charge in [-0.25, -0.2) is 13.2 Å². The molecule has 0 unspecified atom stereocenters. The molecule has 1 fully saturated rings. The number of nitrogens with zero attached hydrogens (tertiary/aromatic N) is 2. The highest BCUT2D eigenvalue weighted by Crippen LogP contribution is 2.41. The SMILES string of the molecule is Cc1ccc(Cn2c3c(c4cc(F)ccc42)CN2CCC3CC2)c(F)c1F. The third kappa shape index (κ3) is 2.59. The van der Waals surface area contributed by atoms with Crippen LogP contribution >= 0.6 is 0 Å². The van der Waals surface area contributed by atoms with Gasteiger partial charge in [0.1, 0.15) is 5.82 Å². The van der Waals surface area contributed by atoms with E-state index in [9.17, 15) is 13.2 Å². The molecule has 1 aromatic heterocycles. The highest BCUT2D eigenvalue weighted by molar-refractivity contribution is 5.86. The van der Waals surface area contributed by atoms with Crippen molar-refractivity contribution >= 4 is 10.9 Å². The number of fused-ring (bicyclic) bond motifs is 3. The average Bonchev–Trinajstić information content (AvgIpc) is 2.80. The Morgan fingerprint density at radius 2 is 1.78 bits per heavy atom. The largest absolute Gasteiger partial charge is 0.339 e. The maximum absolute atomic E-state index is 14.6. The summed E-state index contributed by atoms with van der Waals surface area (Å²) in [4.78, 5) is 2.41. The van der Waals surface area contributed by atoms with Gasteiger partial charge in [-0.15, -0.1) is 0 Å². The Bertz CT molecular complexity index is 1050. The predicted molar refractivity (Wildman–Crippen MR) is 99.3 cm³/mol. The molecule has 2 nitrogen and oxygen atoms in total. The van der Waals surface area contributed by atoms with E-state index in [1.54, 1.807) is 31.2 Å². The first kappa shape index (κ1) is 16.9. The van der Waals surface area contributed by atoms with Crippen LogP contribution in [0.2, 0.25) is 0 Å². The molecular formula is C22H21F3N2. The lowest BCUT2D eigenvalue weighted by atomic mass is 9.94. The molecule has 3 aliphatic rings. The molecule has 0 spiro atoms. The van der Waals surface area contributed by atoms with E-state index in [0.717, 1.165) is 48.9 Å². The quantitative estimate of drug-likeness (QED) is 0.609. The summed E-state index contributed by atoms with van der Waals surface area (Å²) < 4.78 is 44.7. The zero-order valence-electron chi connectivity index (χ0n) is 15.2. The molecule has 4 heterocycles. The van der Waals surface area contributed by atoms with Gasteiger partial charge < -0.3 is 4.57 Å². The van der Waals surface area contributed by atoms with E-state index in [4.69, 9.17) is 0 Å². The Hall–Kier alpha value is -2.27. The van der Waals surface area contributed by atoms with Crippen LogP contribution in [0.4, 0.5) is 13.2 Å². The Labute approximate surface area is 156 Å². The molecule has 0 radical (unpaired) electrons. The molecule has 2 bridgehead atoms. The Morgan fingerprint density at radius 3 is 2.56 bits per heavy atom. The number of rotatable bonds is 2. The second kappa shape index (κ2) is 6.13. The van der Waals surface area contributed by atoms with Crippen molar-refractivity contribution in [3.63, 3.8) is 0 Å². The normalized spacial score (nSPS) is 21.5. The molecule has 1 saturated heterocycles. The van der Waals surface area contributed by atoms with Crippen molar-refractivity contribution in [1.82, 2.24) is 9.47 Å². The van der Waals surface area contributed by atoms with Crippen LogP contribution in [0.5, 0.6) is 0 Å². The second-order valence-corrected chi connectivity index (χ2v) is 7.83. The van der Waals surface area contributed by atoms with Crippen molar-refractivity contribution in [2.45, 2.75) is 38.8 Å². The summed E-state index contributed by atoms with van der Waals surface area (Å²) in [7, 11) is 0. The van der Waals surface area contributed by atoms with Crippen molar-refractivity contribution in [3.05, 3.63) is 70.2 Å². The van der Waals surface area contributed by atoms with Crippen molar-refractivity contribution in [1.29, 1.82) is 0 Å². The van der Waals surface area contributed by atoms with Gasteiger partial charge in [0.2, 0.25) is 0 Å². The highest BCUT2D eigenvalue weighted by Gasteiger charge is 2.33.